The summed E-state index contributed by atoms with van der Waals surface area (Å²) in [5.41, 5.74) is 1.91. The predicted molar refractivity (Wildman–Crippen MR) is 100 cm³/mol. The average molecular weight is 377 g/mol. The van der Waals surface area contributed by atoms with E-state index >= 15 is 0 Å². The maximum absolute atomic E-state index is 13.1. The molecule has 2 aromatic rings. The van der Waals surface area contributed by atoms with E-state index in [4.69, 9.17) is 4.74 Å². The van der Waals surface area contributed by atoms with Crippen molar-refractivity contribution in [3.8, 4) is 5.75 Å². The molecule has 6 heteroatoms. The summed E-state index contributed by atoms with van der Waals surface area (Å²) in [6.45, 7) is 0.562. The maximum Gasteiger partial charge on any atom is 0.214 e. The van der Waals surface area contributed by atoms with Crippen molar-refractivity contribution >= 4 is 10.0 Å². The summed E-state index contributed by atoms with van der Waals surface area (Å²) < 4.78 is 45.6. The maximum atomic E-state index is 13.1. The lowest BCUT2D eigenvalue weighted by molar-refractivity contribution is 0.385. The van der Waals surface area contributed by atoms with E-state index in [1.165, 1.54) is 12.1 Å². The van der Waals surface area contributed by atoms with E-state index in [2.05, 4.69) is 0 Å². The zero-order valence-corrected chi connectivity index (χ0v) is 15.7. The first-order chi connectivity index (χ1) is 12.5. The molecular formula is C20H24FNO3S. The highest BCUT2D eigenvalue weighted by Gasteiger charge is 2.33. The SMILES string of the molecule is COc1cccc(CCS(=O)(=O)N2CCCC2Cc2ccc(F)cc2)c1. The Morgan fingerprint density at radius 2 is 1.92 bits per heavy atom. The van der Waals surface area contributed by atoms with Crippen LogP contribution in [0, 0.1) is 5.82 Å². The van der Waals surface area contributed by atoms with Crippen molar-refractivity contribution in [2.75, 3.05) is 19.4 Å². The molecule has 1 saturated heterocycles. The van der Waals surface area contributed by atoms with E-state index in [-0.39, 0.29) is 17.6 Å². The van der Waals surface area contributed by atoms with E-state index in [0.29, 0.717) is 19.4 Å². The lowest BCUT2D eigenvalue weighted by atomic mass is 10.0. The lowest BCUT2D eigenvalue weighted by Crippen LogP contribution is -2.38. The fraction of sp³-hybridized carbons (Fsp3) is 0.400. The molecular weight excluding hydrogens is 353 g/mol. The van der Waals surface area contributed by atoms with E-state index in [1.54, 1.807) is 23.5 Å². The summed E-state index contributed by atoms with van der Waals surface area (Å²) in [7, 11) is -1.74. The van der Waals surface area contributed by atoms with Crippen LogP contribution in [-0.4, -0.2) is 38.2 Å². The smallest absolute Gasteiger partial charge is 0.214 e. The Kier molecular flexibility index (Phi) is 5.94. The zero-order chi connectivity index (χ0) is 18.6. The normalized spacial score (nSPS) is 18.2. The number of sulfonamides is 1. The standard InChI is InChI=1S/C20H24FNO3S/c1-25-20-6-2-4-16(15-20)11-13-26(23,24)22-12-3-5-19(22)14-17-7-9-18(21)10-8-17/h2,4,6-10,15,19H,3,5,11-14H2,1H3. The molecule has 1 heterocycles. The van der Waals surface area contributed by atoms with Crippen molar-refractivity contribution in [2.45, 2.75) is 31.7 Å². The second-order valence-electron chi connectivity index (χ2n) is 6.65. The number of nitrogens with zero attached hydrogens (tertiary/aromatic N) is 1. The molecule has 140 valence electrons. The Hall–Kier alpha value is -1.92. The molecule has 1 unspecified atom stereocenters. The van der Waals surface area contributed by atoms with Crippen molar-refractivity contribution < 1.29 is 17.5 Å². The Morgan fingerprint density at radius 1 is 1.15 bits per heavy atom. The van der Waals surface area contributed by atoms with Gasteiger partial charge in [0, 0.05) is 12.6 Å². The van der Waals surface area contributed by atoms with Gasteiger partial charge in [-0.05, 0) is 61.1 Å². The third kappa shape index (κ3) is 4.62. The highest BCUT2D eigenvalue weighted by molar-refractivity contribution is 7.89. The Balaban J connectivity index is 1.65. The van der Waals surface area contributed by atoms with E-state index in [1.807, 2.05) is 24.3 Å². The Morgan fingerprint density at radius 3 is 2.65 bits per heavy atom. The molecule has 1 fully saturated rings. The van der Waals surface area contributed by atoms with Crippen LogP contribution in [0.4, 0.5) is 4.39 Å². The van der Waals surface area contributed by atoms with Crippen LogP contribution >= 0.6 is 0 Å². The summed E-state index contributed by atoms with van der Waals surface area (Å²) in [5, 5.41) is 0. The first kappa shape index (κ1) is 18.9. The van der Waals surface area contributed by atoms with Crippen LogP contribution in [0.5, 0.6) is 5.75 Å². The van der Waals surface area contributed by atoms with Gasteiger partial charge in [0.05, 0.1) is 12.9 Å². The van der Waals surface area contributed by atoms with Crippen LogP contribution in [0.3, 0.4) is 0 Å². The minimum absolute atomic E-state index is 0.0456. The second kappa shape index (κ2) is 8.18. The molecule has 1 atom stereocenters. The van der Waals surface area contributed by atoms with Gasteiger partial charge in [-0.25, -0.2) is 12.8 Å². The number of ether oxygens (including phenoxy) is 1. The molecule has 0 aromatic heterocycles. The minimum Gasteiger partial charge on any atom is -0.497 e. The molecule has 26 heavy (non-hydrogen) atoms. The Bertz CT molecular complexity index is 836. The van der Waals surface area contributed by atoms with Crippen LogP contribution in [0.1, 0.15) is 24.0 Å². The molecule has 0 spiro atoms. The summed E-state index contributed by atoms with van der Waals surface area (Å²) in [6, 6.07) is 13.8. The summed E-state index contributed by atoms with van der Waals surface area (Å²) in [4.78, 5) is 0. The highest BCUT2D eigenvalue weighted by Crippen LogP contribution is 2.25. The molecule has 0 radical (unpaired) electrons. The number of rotatable bonds is 7. The van der Waals surface area contributed by atoms with Gasteiger partial charge in [-0.2, -0.15) is 4.31 Å². The van der Waals surface area contributed by atoms with Crippen LogP contribution in [0.25, 0.3) is 0 Å². The van der Waals surface area contributed by atoms with Crippen LogP contribution in [0.2, 0.25) is 0 Å². The van der Waals surface area contributed by atoms with Gasteiger partial charge in [-0.15, -0.1) is 0 Å². The third-order valence-corrected chi connectivity index (χ3v) is 6.76. The number of hydrogen-bond acceptors (Lipinski definition) is 3. The van der Waals surface area contributed by atoms with Gasteiger partial charge in [0.25, 0.3) is 0 Å². The fourth-order valence-electron chi connectivity index (χ4n) is 3.46. The number of hydrogen-bond donors (Lipinski definition) is 0. The number of methoxy groups -OCH3 is 1. The monoisotopic (exact) mass is 377 g/mol. The summed E-state index contributed by atoms with van der Waals surface area (Å²) in [5.74, 6) is 0.540. The predicted octanol–water partition coefficient (Wildman–Crippen LogP) is 3.41. The van der Waals surface area contributed by atoms with Gasteiger partial charge < -0.3 is 4.74 Å². The fourth-order valence-corrected chi connectivity index (χ4v) is 5.23. The van der Waals surface area contributed by atoms with Crippen LogP contribution in [-0.2, 0) is 22.9 Å². The molecule has 0 bridgehead atoms. The van der Waals surface area contributed by atoms with Crippen molar-refractivity contribution in [3.63, 3.8) is 0 Å². The lowest BCUT2D eigenvalue weighted by Gasteiger charge is -2.24. The van der Waals surface area contributed by atoms with E-state index in [0.717, 1.165) is 29.7 Å². The first-order valence-corrected chi connectivity index (χ1v) is 10.5. The number of aryl methyl sites for hydroxylation is 1. The molecule has 0 N–H and O–H groups in total. The van der Waals surface area contributed by atoms with Crippen molar-refractivity contribution in [1.29, 1.82) is 0 Å². The van der Waals surface area contributed by atoms with E-state index < -0.39 is 10.0 Å². The molecule has 3 rings (SSSR count). The molecule has 0 amide bonds. The zero-order valence-electron chi connectivity index (χ0n) is 14.9. The summed E-state index contributed by atoms with van der Waals surface area (Å²) in [6.07, 6.45) is 2.79. The van der Waals surface area contributed by atoms with Crippen LogP contribution in [0.15, 0.2) is 48.5 Å². The number of benzene rings is 2. The van der Waals surface area contributed by atoms with Gasteiger partial charge in [-0.3, -0.25) is 0 Å². The van der Waals surface area contributed by atoms with Gasteiger partial charge in [0.1, 0.15) is 11.6 Å². The van der Waals surface area contributed by atoms with Gasteiger partial charge in [-0.1, -0.05) is 24.3 Å². The van der Waals surface area contributed by atoms with Gasteiger partial charge in [0.2, 0.25) is 10.0 Å². The largest absolute Gasteiger partial charge is 0.497 e. The number of halogens is 1. The molecule has 1 aliphatic heterocycles. The quantitative estimate of drug-likeness (QED) is 0.743. The summed E-state index contributed by atoms with van der Waals surface area (Å²) >= 11 is 0. The van der Waals surface area contributed by atoms with Crippen molar-refractivity contribution in [2.24, 2.45) is 0 Å². The topological polar surface area (TPSA) is 46.6 Å². The molecule has 0 aliphatic carbocycles. The minimum atomic E-state index is -3.34. The van der Waals surface area contributed by atoms with Gasteiger partial charge in [0.15, 0.2) is 0 Å². The third-order valence-electron chi connectivity index (χ3n) is 4.85. The molecule has 4 nitrogen and oxygen atoms in total. The molecule has 1 aliphatic rings. The Labute approximate surface area is 154 Å². The molecule has 2 aromatic carbocycles. The van der Waals surface area contributed by atoms with Crippen molar-refractivity contribution in [3.05, 3.63) is 65.5 Å². The first-order valence-electron chi connectivity index (χ1n) is 8.85. The average Bonchev–Trinajstić information content (AvgIpc) is 3.11. The van der Waals surface area contributed by atoms with E-state index in [9.17, 15) is 12.8 Å². The second-order valence-corrected chi connectivity index (χ2v) is 8.70. The van der Waals surface area contributed by atoms with Crippen molar-refractivity contribution in [1.82, 2.24) is 4.31 Å². The highest BCUT2D eigenvalue weighted by atomic mass is 32.2. The van der Waals surface area contributed by atoms with Crippen LogP contribution < -0.4 is 4.74 Å². The molecule has 0 saturated carbocycles. The van der Waals surface area contributed by atoms with Gasteiger partial charge >= 0.3 is 0 Å².